The summed E-state index contributed by atoms with van der Waals surface area (Å²) in [5.74, 6) is -0.253. The third-order valence-electron chi connectivity index (χ3n) is 7.58. The normalized spacial score (nSPS) is 17.1. The van der Waals surface area contributed by atoms with Crippen molar-refractivity contribution < 1.29 is 36.0 Å². The summed E-state index contributed by atoms with van der Waals surface area (Å²) in [6, 6.07) is 14.3. The molecule has 230 valence electrons. The van der Waals surface area contributed by atoms with Gasteiger partial charge in [0.1, 0.15) is 5.82 Å². The first-order valence-corrected chi connectivity index (χ1v) is 15.3. The molecule has 0 aliphatic carbocycles. The fourth-order valence-electron chi connectivity index (χ4n) is 4.96. The van der Waals surface area contributed by atoms with E-state index in [1.807, 2.05) is 4.90 Å². The van der Waals surface area contributed by atoms with Gasteiger partial charge in [-0.2, -0.15) is 13.2 Å². The minimum atomic E-state index is -4.43. The van der Waals surface area contributed by atoms with Crippen molar-refractivity contribution in [3.05, 3.63) is 89.1 Å². The Balaban J connectivity index is 1.46. The number of rotatable bonds is 10. The highest BCUT2D eigenvalue weighted by Crippen LogP contribution is 2.37. The fraction of sp³-hybridized carbons (Fsp3) is 0.367. The van der Waals surface area contributed by atoms with Gasteiger partial charge in [-0.1, -0.05) is 31.2 Å². The molecule has 1 unspecified atom stereocenters. The number of halogens is 3. The molecule has 1 fully saturated rings. The second kappa shape index (κ2) is 13.1. The zero-order valence-corrected chi connectivity index (χ0v) is 24.8. The molecule has 13 heteroatoms. The van der Waals surface area contributed by atoms with E-state index in [1.165, 1.54) is 44.6 Å². The van der Waals surface area contributed by atoms with E-state index in [2.05, 4.69) is 10.3 Å². The van der Waals surface area contributed by atoms with Crippen LogP contribution in [0.4, 0.5) is 19.0 Å². The van der Waals surface area contributed by atoms with Gasteiger partial charge in [-0.05, 0) is 53.9 Å². The van der Waals surface area contributed by atoms with Gasteiger partial charge in [0.15, 0.2) is 9.84 Å². The Morgan fingerprint density at radius 2 is 1.74 bits per heavy atom. The fourth-order valence-corrected chi connectivity index (χ4v) is 5.85. The van der Waals surface area contributed by atoms with E-state index in [-0.39, 0.29) is 47.4 Å². The van der Waals surface area contributed by atoms with Gasteiger partial charge >= 0.3 is 6.18 Å². The van der Waals surface area contributed by atoms with Crippen LogP contribution < -0.4 is 10.2 Å². The molecule has 4 rings (SSSR count). The number of hydroxylamine groups is 2. The molecule has 0 radical (unpaired) electrons. The summed E-state index contributed by atoms with van der Waals surface area (Å²) in [6.45, 7) is 2.18. The Bertz CT molecular complexity index is 1530. The number of benzene rings is 2. The number of nitrogens with one attached hydrogen (secondary N) is 1. The number of hydrogen-bond donors (Lipinski definition) is 1. The molecule has 3 aromatic rings. The van der Waals surface area contributed by atoms with Crippen molar-refractivity contribution in [2.24, 2.45) is 0 Å². The minimum absolute atomic E-state index is 0.000472. The molecular weight excluding hydrogens is 585 g/mol. The van der Waals surface area contributed by atoms with E-state index in [0.717, 1.165) is 28.3 Å². The number of sulfone groups is 1. The van der Waals surface area contributed by atoms with Crippen molar-refractivity contribution in [2.45, 2.75) is 49.3 Å². The third kappa shape index (κ3) is 7.71. The lowest BCUT2D eigenvalue weighted by atomic mass is 9.94. The average Bonchev–Trinajstić information content (AvgIpc) is 3.42. The van der Waals surface area contributed by atoms with Crippen LogP contribution >= 0.6 is 0 Å². The van der Waals surface area contributed by atoms with Crippen LogP contribution in [0.15, 0.2) is 71.8 Å². The zero-order chi connectivity index (χ0) is 31.4. The van der Waals surface area contributed by atoms with Crippen molar-refractivity contribution in [2.75, 3.05) is 31.4 Å². The van der Waals surface area contributed by atoms with E-state index >= 15 is 0 Å². The van der Waals surface area contributed by atoms with Crippen molar-refractivity contribution in [3.63, 3.8) is 0 Å². The minimum Gasteiger partial charge on any atom is -0.352 e. The summed E-state index contributed by atoms with van der Waals surface area (Å²) in [5, 5.41) is 3.91. The Morgan fingerprint density at radius 3 is 2.30 bits per heavy atom. The molecule has 0 saturated carbocycles. The first kappa shape index (κ1) is 32.0. The van der Waals surface area contributed by atoms with E-state index in [0.29, 0.717) is 24.3 Å². The molecule has 2 heterocycles. The highest BCUT2D eigenvalue weighted by molar-refractivity contribution is 7.91. The Labute approximate surface area is 248 Å². The summed E-state index contributed by atoms with van der Waals surface area (Å²) in [6.07, 6.45) is -2.39. The molecule has 2 aromatic carbocycles. The maximum Gasteiger partial charge on any atom is 0.416 e. The number of pyridine rings is 1. The van der Waals surface area contributed by atoms with Crippen LogP contribution in [0.2, 0.25) is 0 Å². The van der Waals surface area contributed by atoms with Crippen molar-refractivity contribution in [1.82, 2.24) is 15.4 Å². The topological polar surface area (TPSA) is 109 Å². The molecule has 1 aliphatic rings. The van der Waals surface area contributed by atoms with Gasteiger partial charge in [-0.3, -0.25) is 14.4 Å². The van der Waals surface area contributed by atoms with Gasteiger partial charge < -0.3 is 10.2 Å². The zero-order valence-electron chi connectivity index (χ0n) is 24.0. The molecule has 1 N–H and O–H groups in total. The number of carbonyl (C=O) groups excluding carboxylic acids is 2. The summed E-state index contributed by atoms with van der Waals surface area (Å²) < 4.78 is 63.2. The number of aromatic nitrogens is 1. The largest absolute Gasteiger partial charge is 0.416 e. The van der Waals surface area contributed by atoms with E-state index in [4.69, 9.17) is 4.84 Å². The van der Waals surface area contributed by atoms with Gasteiger partial charge in [0, 0.05) is 44.7 Å². The molecule has 1 saturated heterocycles. The number of alkyl halides is 3. The van der Waals surface area contributed by atoms with Gasteiger partial charge in [-0.25, -0.2) is 18.5 Å². The van der Waals surface area contributed by atoms with Crippen LogP contribution in [0.3, 0.4) is 0 Å². The van der Waals surface area contributed by atoms with Gasteiger partial charge in [0.2, 0.25) is 5.91 Å². The summed E-state index contributed by atoms with van der Waals surface area (Å²) in [4.78, 5) is 37.1. The SMILES string of the molecule is CCS(=O)(=O)c1ccc(CNC(=O)c2ccc(N3CC(c4ccc(C(F)(F)F)cc4)C[C@H]3CC(=O)N(C)OC)nc2)cc1. The Kier molecular flexibility index (Phi) is 9.75. The molecule has 9 nitrogen and oxygen atoms in total. The van der Waals surface area contributed by atoms with E-state index < -0.39 is 21.6 Å². The second-order valence-corrected chi connectivity index (χ2v) is 12.5. The highest BCUT2D eigenvalue weighted by atomic mass is 32.2. The van der Waals surface area contributed by atoms with E-state index in [1.54, 1.807) is 31.2 Å². The van der Waals surface area contributed by atoms with Crippen LogP contribution in [-0.4, -0.2) is 62.8 Å². The first-order chi connectivity index (χ1) is 20.3. The van der Waals surface area contributed by atoms with Crippen molar-refractivity contribution in [1.29, 1.82) is 0 Å². The molecule has 1 aromatic heterocycles. The Morgan fingerprint density at radius 1 is 1.07 bits per heavy atom. The first-order valence-electron chi connectivity index (χ1n) is 13.6. The quantitative estimate of drug-likeness (QED) is 0.331. The molecule has 2 atom stereocenters. The summed E-state index contributed by atoms with van der Waals surface area (Å²) in [7, 11) is -0.428. The van der Waals surface area contributed by atoms with Gasteiger partial charge in [0.25, 0.3) is 5.91 Å². The van der Waals surface area contributed by atoms with Gasteiger partial charge in [0.05, 0.1) is 28.9 Å². The van der Waals surface area contributed by atoms with Crippen LogP contribution in [-0.2, 0) is 32.2 Å². The number of anilines is 1. The van der Waals surface area contributed by atoms with Crippen LogP contribution in [0.5, 0.6) is 0 Å². The molecule has 2 amide bonds. The maximum atomic E-state index is 13.1. The predicted molar refractivity (Wildman–Crippen MR) is 154 cm³/mol. The lowest BCUT2D eigenvalue weighted by Crippen LogP contribution is -2.36. The second-order valence-electron chi connectivity index (χ2n) is 10.3. The van der Waals surface area contributed by atoms with E-state index in [9.17, 15) is 31.2 Å². The lowest BCUT2D eigenvalue weighted by Gasteiger charge is -2.26. The summed E-state index contributed by atoms with van der Waals surface area (Å²) >= 11 is 0. The maximum absolute atomic E-state index is 13.1. The lowest BCUT2D eigenvalue weighted by molar-refractivity contribution is -0.169. The number of nitrogens with zero attached hydrogens (tertiary/aromatic N) is 3. The third-order valence-corrected chi connectivity index (χ3v) is 9.33. The monoisotopic (exact) mass is 618 g/mol. The van der Waals surface area contributed by atoms with Crippen LogP contribution in [0, 0.1) is 0 Å². The van der Waals surface area contributed by atoms with Crippen LogP contribution in [0.25, 0.3) is 0 Å². The van der Waals surface area contributed by atoms with Crippen molar-refractivity contribution in [3.8, 4) is 0 Å². The highest BCUT2D eigenvalue weighted by Gasteiger charge is 2.36. The molecule has 0 spiro atoms. The average molecular weight is 619 g/mol. The molecular formula is C30H33F3N4O5S. The smallest absolute Gasteiger partial charge is 0.352 e. The number of carbonyl (C=O) groups is 2. The van der Waals surface area contributed by atoms with Crippen LogP contribution in [0.1, 0.15) is 52.7 Å². The number of hydrogen-bond acceptors (Lipinski definition) is 7. The van der Waals surface area contributed by atoms with Gasteiger partial charge in [-0.15, -0.1) is 0 Å². The Hall–Kier alpha value is -3.97. The molecule has 43 heavy (non-hydrogen) atoms. The summed E-state index contributed by atoms with van der Waals surface area (Å²) in [5.41, 5.74) is 1.04. The standard InChI is InChI=1S/C30H33F3N4O5S/c1-4-43(40,41)26-12-5-20(6-13-26)17-35-29(39)22-9-14-27(34-18-22)37-19-23(15-25(37)16-28(38)36(2)42-3)21-7-10-24(11-8-21)30(31,32)33/h5-14,18,23,25H,4,15-17,19H2,1-3H3,(H,35,39)/t23?,25-/m0/s1. The molecule has 0 bridgehead atoms. The number of amides is 2. The van der Waals surface area contributed by atoms with Crippen molar-refractivity contribution >= 4 is 27.5 Å². The predicted octanol–water partition coefficient (Wildman–Crippen LogP) is 4.60. The molecule has 1 aliphatic heterocycles.